The third-order valence-electron chi connectivity index (χ3n) is 1.76. The van der Waals surface area contributed by atoms with Crippen LogP contribution in [0.4, 0.5) is 0 Å². The summed E-state index contributed by atoms with van der Waals surface area (Å²) in [5, 5.41) is 20.9. The van der Waals surface area contributed by atoms with E-state index in [2.05, 4.69) is 9.68 Å². The van der Waals surface area contributed by atoms with Crippen LogP contribution >= 0.6 is 0 Å². The third kappa shape index (κ3) is 1.99. The Morgan fingerprint density at radius 1 is 1.62 bits per heavy atom. The summed E-state index contributed by atoms with van der Waals surface area (Å²) in [6.45, 7) is 3.52. The summed E-state index contributed by atoms with van der Waals surface area (Å²) >= 11 is 0. The molecule has 0 saturated carbocycles. The van der Waals surface area contributed by atoms with Crippen molar-refractivity contribution in [3.05, 3.63) is 11.8 Å². The first-order valence-corrected chi connectivity index (χ1v) is 3.90. The molecule has 0 aliphatic carbocycles. The summed E-state index contributed by atoms with van der Waals surface area (Å²) in [6.07, 6.45) is 0. The second-order valence-corrected chi connectivity index (χ2v) is 3.15. The van der Waals surface area contributed by atoms with E-state index in [1.807, 2.05) is 0 Å². The molecular formula is C8H11NO4. The monoisotopic (exact) mass is 185 g/mol. The minimum atomic E-state index is -0.980. The molecular weight excluding hydrogens is 174 g/mol. The van der Waals surface area contributed by atoms with Crippen molar-refractivity contribution in [1.82, 2.24) is 5.16 Å². The maximum Gasteiger partial charge on any atom is 0.314 e. The maximum atomic E-state index is 10.8. The number of carboxylic acids is 1. The molecule has 0 amide bonds. The van der Waals surface area contributed by atoms with Crippen LogP contribution in [0.15, 0.2) is 10.6 Å². The molecule has 0 saturated heterocycles. The Balaban J connectivity index is 2.95. The van der Waals surface area contributed by atoms with Crippen LogP contribution in [0.3, 0.4) is 0 Å². The van der Waals surface area contributed by atoms with Gasteiger partial charge in [0, 0.05) is 6.07 Å². The number of aromatic hydroxyl groups is 1. The van der Waals surface area contributed by atoms with Crippen molar-refractivity contribution in [2.45, 2.75) is 19.8 Å². The number of carboxylic acid groups (broad SMARTS) is 1. The fourth-order valence-electron chi connectivity index (χ4n) is 1.16. The zero-order valence-corrected chi connectivity index (χ0v) is 7.39. The molecule has 0 radical (unpaired) electrons. The largest absolute Gasteiger partial charge is 0.491 e. The van der Waals surface area contributed by atoms with Gasteiger partial charge in [-0.05, 0) is 11.1 Å². The minimum absolute atomic E-state index is 0.107. The summed E-state index contributed by atoms with van der Waals surface area (Å²) in [5.41, 5.74) is 0. The quantitative estimate of drug-likeness (QED) is 0.739. The van der Waals surface area contributed by atoms with Gasteiger partial charge in [-0.2, -0.15) is 0 Å². The molecule has 0 aromatic carbocycles. The third-order valence-corrected chi connectivity index (χ3v) is 1.76. The van der Waals surface area contributed by atoms with Crippen LogP contribution in [0, 0.1) is 5.92 Å². The van der Waals surface area contributed by atoms with Crippen LogP contribution < -0.4 is 0 Å². The molecule has 0 fully saturated rings. The average Bonchev–Trinajstić information content (AvgIpc) is 2.34. The smallest absolute Gasteiger partial charge is 0.314 e. The van der Waals surface area contributed by atoms with Gasteiger partial charge < -0.3 is 14.7 Å². The maximum absolute atomic E-state index is 10.8. The van der Waals surface area contributed by atoms with Crippen LogP contribution in [-0.2, 0) is 4.79 Å². The number of aromatic nitrogens is 1. The molecule has 0 aliphatic rings. The fraction of sp³-hybridized carbons (Fsp3) is 0.500. The second kappa shape index (κ2) is 3.47. The van der Waals surface area contributed by atoms with Crippen molar-refractivity contribution in [3.8, 4) is 5.88 Å². The SMILES string of the molecule is CC(C)C(C(=O)O)c1cc(O)no1. The predicted molar refractivity (Wildman–Crippen MR) is 43.4 cm³/mol. The van der Waals surface area contributed by atoms with E-state index in [1.165, 1.54) is 6.07 Å². The van der Waals surface area contributed by atoms with Crippen LogP contribution in [0.5, 0.6) is 5.88 Å². The molecule has 1 rings (SSSR count). The van der Waals surface area contributed by atoms with Crippen LogP contribution in [-0.4, -0.2) is 21.3 Å². The zero-order valence-electron chi connectivity index (χ0n) is 7.39. The number of aliphatic carboxylic acids is 1. The molecule has 1 heterocycles. The summed E-state index contributed by atoms with van der Waals surface area (Å²) in [7, 11) is 0. The van der Waals surface area contributed by atoms with Crippen molar-refractivity contribution < 1.29 is 19.5 Å². The zero-order chi connectivity index (χ0) is 10.0. The Labute approximate surface area is 75.0 Å². The molecule has 0 spiro atoms. The van der Waals surface area contributed by atoms with Gasteiger partial charge in [0.05, 0.1) is 0 Å². The molecule has 0 bridgehead atoms. The van der Waals surface area contributed by atoms with Crippen molar-refractivity contribution in [2.24, 2.45) is 5.92 Å². The van der Waals surface area contributed by atoms with Crippen molar-refractivity contribution in [3.63, 3.8) is 0 Å². The second-order valence-electron chi connectivity index (χ2n) is 3.15. The Hall–Kier alpha value is -1.52. The fourth-order valence-corrected chi connectivity index (χ4v) is 1.16. The van der Waals surface area contributed by atoms with E-state index in [4.69, 9.17) is 10.2 Å². The summed E-state index contributed by atoms with van der Waals surface area (Å²) in [5.74, 6) is -1.95. The number of rotatable bonds is 3. The van der Waals surface area contributed by atoms with E-state index in [-0.39, 0.29) is 17.6 Å². The van der Waals surface area contributed by atoms with Crippen LogP contribution in [0.25, 0.3) is 0 Å². The Kier molecular flexibility index (Phi) is 2.55. The normalized spacial score (nSPS) is 13.2. The molecule has 1 unspecified atom stereocenters. The van der Waals surface area contributed by atoms with Gasteiger partial charge in [-0.15, -0.1) is 0 Å². The highest BCUT2D eigenvalue weighted by atomic mass is 16.5. The molecule has 1 aromatic heterocycles. The van der Waals surface area contributed by atoms with Gasteiger partial charge in [0.15, 0.2) is 5.76 Å². The topological polar surface area (TPSA) is 83.6 Å². The molecule has 2 N–H and O–H groups in total. The van der Waals surface area contributed by atoms with Gasteiger partial charge in [0.1, 0.15) is 5.92 Å². The highest BCUT2D eigenvalue weighted by Gasteiger charge is 2.27. The number of carbonyl (C=O) groups is 1. The molecule has 5 nitrogen and oxygen atoms in total. The number of hydrogen-bond donors (Lipinski definition) is 2. The summed E-state index contributed by atoms with van der Waals surface area (Å²) < 4.78 is 4.67. The lowest BCUT2D eigenvalue weighted by Crippen LogP contribution is -2.16. The minimum Gasteiger partial charge on any atom is -0.491 e. The Morgan fingerprint density at radius 2 is 2.23 bits per heavy atom. The highest BCUT2D eigenvalue weighted by molar-refractivity contribution is 5.75. The van der Waals surface area contributed by atoms with Gasteiger partial charge in [-0.1, -0.05) is 13.8 Å². The van der Waals surface area contributed by atoms with E-state index in [0.717, 1.165) is 0 Å². The van der Waals surface area contributed by atoms with Crippen LogP contribution in [0.2, 0.25) is 0 Å². The van der Waals surface area contributed by atoms with Gasteiger partial charge in [-0.3, -0.25) is 4.79 Å². The Bertz CT molecular complexity index is 305. The molecule has 1 aromatic rings. The lowest BCUT2D eigenvalue weighted by atomic mass is 9.94. The lowest BCUT2D eigenvalue weighted by molar-refractivity contribution is -0.140. The Morgan fingerprint density at radius 3 is 2.54 bits per heavy atom. The molecule has 0 aliphatic heterocycles. The van der Waals surface area contributed by atoms with Crippen molar-refractivity contribution >= 4 is 5.97 Å². The molecule has 5 heteroatoms. The predicted octanol–water partition coefficient (Wildman–Crippen LogP) is 1.20. The van der Waals surface area contributed by atoms with Crippen LogP contribution in [0.1, 0.15) is 25.5 Å². The first kappa shape index (κ1) is 9.57. The van der Waals surface area contributed by atoms with Crippen molar-refractivity contribution in [1.29, 1.82) is 0 Å². The van der Waals surface area contributed by atoms with Gasteiger partial charge in [0.25, 0.3) is 5.88 Å². The molecule has 13 heavy (non-hydrogen) atoms. The standard InChI is InChI=1S/C8H11NO4/c1-4(2)7(8(11)12)5-3-6(10)9-13-5/h3-4,7H,1-2H3,(H,9,10)(H,11,12). The van der Waals surface area contributed by atoms with Gasteiger partial charge in [0.2, 0.25) is 0 Å². The molecule has 1 atom stereocenters. The van der Waals surface area contributed by atoms with Crippen molar-refractivity contribution in [2.75, 3.05) is 0 Å². The van der Waals surface area contributed by atoms with Gasteiger partial charge >= 0.3 is 5.97 Å². The van der Waals surface area contributed by atoms with E-state index < -0.39 is 11.9 Å². The highest BCUT2D eigenvalue weighted by Crippen LogP contribution is 2.26. The number of hydrogen-bond acceptors (Lipinski definition) is 4. The summed E-state index contributed by atoms with van der Waals surface area (Å²) in [6, 6.07) is 1.22. The van der Waals surface area contributed by atoms with E-state index in [1.54, 1.807) is 13.8 Å². The first-order chi connectivity index (χ1) is 6.02. The number of nitrogens with zero attached hydrogens (tertiary/aromatic N) is 1. The average molecular weight is 185 g/mol. The van der Waals surface area contributed by atoms with E-state index in [0.29, 0.717) is 0 Å². The summed E-state index contributed by atoms with van der Waals surface area (Å²) in [4.78, 5) is 10.8. The van der Waals surface area contributed by atoms with Gasteiger partial charge in [-0.25, -0.2) is 0 Å². The molecule has 72 valence electrons. The first-order valence-electron chi connectivity index (χ1n) is 3.90. The van der Waals surface area contributed by atoms with E-state index in [9.17, 15) is 4.79 Å². The van der Waals surface area contributed by atoms with E-state index >= 15 is 0 Å². The lowest BCUT2D eigenvalue weighted by Gasteiger charge is -2.11.